The number of H-pyrrole nitrogens is 1. The van der Waals surface area contributed by atoms with Crippen molar-refractivity contribution >= 4 is 11.5 Å². The minimum absolute atomic E-state index is 0.178. The summed E-state index contributed by atoms with van der Waals surface area (Å²) in [4.78, 5) is 21.4. The molecule has 27 heavy (non-hydrogen) atoms. The molecule has 6 heteroatoms. The van der Waals surface area contributed by atoms with E-state index in [4.69, 9.17) is 0 Å². The Morgan fingerprint density at radius 1 is 1.04 bits per heavy atom. The largest absolute Gasteiger partial charge is 0.379 e. The Morgan fingerprint density at radius 3 is 2.48 bits per heavy atom. The second-order valence-electron chi connectivity index (χ2n) is 6.79. The number of aromatic nitrogens is 4. The minimum Gasteiger partial charge on any atom is -0.379 e. The van der Waals surface area contributed by atoms with Gasteiger partial charge in [0.2, 0.25) is 0 Å². The summed E-state index contributed by atoms with van der Waals surface area (Å²) in [5.41, 5.74) is 3.64. The number of fused-ring (bicyclic) bond motifs is 1. The zero-order chi connectivity index (χ0) is 18.8. The summed E-state index contributed by atoms with van der Waals surface area (Å²) in [5, 5.41) is 6.30. The van der Waals surface area contributed by atoms with Gasteiger partial charge in [0.05, 0.1) is 12.2 Å². The van der Waals surface area contributed by atoms with Crippen LogP contribution in [-0.4, -0.2) is 19.6 Å². The second-order valence-corrected chi connectivity index (χ2v) is 6.79. The summed E-state index contributed by atoms with van der Waals surface area (Å²) in [6.07, 6.45) is 0. The van der Waals surface area contributed by atoms with Gasteiger partial charge < -0.3 is 5.32 Å². The van der Waals surface area contributed by atoms with Crippen LogP contribution >= 0.6 is 0 Å². The van der Waals surface area contributed by atoms with E-state index in [0.717, 1.165) is 11.3 Å². The van der Waals surface area contributed by atoms with Gasteiger partial charge in [-0.15, -0.1) is 0 Å². The molecular formula is C21H21N5O. The van der Waals surface area contributed by atoms with E-state index in [-0.39, 0.29) is 5.56 Å². The van der Waals surface area contributed by atoms with Gasteiger partial charge in [-0.25, -0.2) is 4.98 Å². The number of hydrogen-bond acceptors (Lipinski definition) is 4. The fraction of sp³-hybridized carbons (Fsp3) is 0.190. The fourth-order valence-corrected chi connectivity index (χ4v) is 2.92. The van der Waals surface area contributed by atoms with Crippen LogP contribution in [0.1, 0.15) is 31.0 Å². The van der Waals surface area contributed by atoms with Crippen LogP contribution in [0, 0.1) is 0 Å². The Bertz CT molecular complexity index is 1110. The van der Waals surface area contributed by atoms with Crippen LogP contribution in [0.25, 0.3) is 17.2 Å². The molecule has 0 saturated heterocycles. The normalized spacial score (nSPS) is 11.2. The zero-order valence-corrected chi connectivity index (χ0v) is 15.3. The van der Waals surface area contributed by atoms with Crippen molar-refractivity contribution in [3.63, 3.8) is 0 Å². The van der Waals surface area contributed by atoms with Crippen molar-refractivity contribution < 1.29 is 0 Å². The van der Waals surface area contributed by atoms with E-state index in [2.05, 4.69) is 46.4 Å². The predicted octanol–water partition coefficient (Wildman–Crippen LogP) is 3.82. The highest BCUT2D eigenvalue weighted by Crippen LogP contribution is 2.20. The molecule has 136 valence electrons. The molecule has 0 amide bonds. The molecule has 4 rings (SSSR count). The van der Waals surface area contributed by atoms with E-state index < -0.39 is 0 Å². The average Bonchev–Trinajstić information content (AvgIpc) is 3.12. The first-order valence-electron chi connectivity index (χ1n) is 8.98. The summed E-state index contributed by atoms with van der Waals surface area (Å²) >= 11 is 0. The number of anilines is 1. The molecule has 0 unspecified atom stereocenters. The molecule has 0 saturated carbocycles. The van der Waals surface area contributed by atoms with Crippen molar-refractivity contribution in [3.8, 4) is 11.4 Å². The van der Waals surface area contributed by atoms with Crippen molar-refractivity contribution in [2.45, 2.75) is 26.3 Å². The number of nitrogens with one attached hydrogen (secondary N) is 2. The monoisotopic (exact) mass is 359 g/mol. The SMILES string of the molecule is CC(C)c1ccc(-c2nc3nc(CNc4ccccc4)cc(=O)n3[nH]2)cc1. The van der Waals surface area contributed by atoms with Gasteiger partial charge in [0.25, 0.3) is 11.3 Å². The molecule has 6 nitrogen and oxygen atoms in total. The highest BCUT2D eigenvalue weighted by atomic mass is 16.1. The number of hydrogen-bond donors (Lipinski definition) is 2. The minimum atomic E-state index is -0.178. The third-order valence-electron chi connectivity index (χ3n) is 4.48. The van der Waals surface area contributed by atoms with Gasteiger partial charge in [-0.05, 0) is 23.6 Å². The Labute approximate surface area is 156 Å². The summed E-state index contributed by atoms with van der Waals surface area (Å²) in [6.45, 7) is 4.77. The molecule has 2 aromatic heterocycles. The second kappa shape index (κ2) is 7.07. The molecule has 0 fully saturated rings. The lowest BCUT2D eigenvalue weighted by atomic mass is 10.0. The van der Waals surface area contributed by atoms with Crippen LogP contribution in [0.4, 0.5) is 5.69 Å². The first-order valence-corrected chi connectivity index (χ1v) is 8.98. The molecular weight excluding hydrogens is 338 g/mol. The van der Waals surface area contributed by atoms with E-state index >= 15 is 0 Å². The van der Waals surface area contributed by atoms with E-state index in [1.807, 2.05) is 42.5 Å². The average molecular weight is 359 g/mol. The standard InChI is InChI=1S/C21H21N5O/c1-14(2)15-8-10-16(11-9-15)20-24-21-23-18(12-19(27)26(21)25-20)13-22-17-6-4-3-5-7-17/h3-12,14,22H,13H2,1-2H3,(H,23,24,25). The number of rotatable bonds is 5. The van der Waals surface area contributed by atoms with Gasteiger partial charge >= 0.3 is 0 Å². The fourth-order valence-electron chi connectivity index (χ4n) is 2.92. The first-order chi connectivity index (χ1) is 13.1. The van der Waals surface area contributed by atoms with E-state index in [1.54, 1.807) is 0 Å². The topological polar surface area (TPSA) is 75.1 Å². The van der Waals surface area contributed by atoms with Crippen LogP contribution in [0.5, 0.6) is 0 Å². The molecule has 0 aliphatic rings. The van der Waals surface area contributed by atoms with Gasteiger partial charge in [0.15, 0.2) is 5.82 Å². The quantitative estimate of drug-likeness (QED) is 0.568. The molecule has 4 aromatic rings. The zero-order valence-electron chi connectivity index (χ0n) is 15.3. The summed E-state index contributed by atoms with van der Waals surface area (Å²) < 4.78 is 1.37. The number of nitrogens with zero attached hydrogens (tertiary/aromatic N) is 3. The lowest BCUT2D eigenvalue weighted by molar-refractivity contribution is 0.866. The van der Waals surface area contributed by atoms with Gasteiger partial charge in [0.1, 0.15) is 0 Å². The molecule has 0 bridgehead atoms. The molecule has 0 aliphatic heterocycles. The molecule has 2 aromatic carbocycles. The smallest absolute Gasteiger partial charge is 0.274 e. The van der Waals surface area contributed by atoms with Gasteiger partial charge in [-0.2, -0.15) is 9.50 Å². The number of para-hydroxylation sites is 1. The summed E-state index contributed by atoms with van der Waals surface area (Å²) in [7, 11) is 0. The van der Waals surface area contributed by atoms with E-state index in [9.17, 15) is 4.79 Å². The Kier molecular flexibility index (Phi) is 4.46. The molecule has 2 heterocycles. The van der Waals surface area contributed by atoms with Gasteiger partial charge in [-0.1, -0.05) is 56.3 Å². The number of benzene rings is 2. The predicted molar refractivity (Wildman–Crippen MR) is 107 cm³/mol. The lowest BCUT2D eigenvalue weighted by Crippen LogP contribution is -2.17. The maximum Gasteiger partial charge on any atom is 0.274 e. The Hall–Kier alpha value is -3.41. The third-order valence-corrected chi connectivity index (χ3v) is 4.48. The maximum atomic E-state index is 12.4. The lowest BCUT2D eigenvalue weighted by Gasteiger charge is -2.05. The third kappa shape index (κ3) is 3.60. The van der Waals surface area contributed by atoms with Crippen molar-refractivity contribution in [2.24, 2.45) is 0 Å². The van der Waals surface area contributed by atoms with Gasteiger partial charge in [0, 0.05) is 17.3 Å². The molecule has 0 atom stereocenters. The van der Waals surface area contributed by atoms with E-state index in [1.165, 1.54) is 16.1 Å². The van der Waals surface area contributed by atoms with Crippen molar-refractivity contribution in [1.82, 2.24) is 19.6 Å². The summed E-state index contributed by atoms with van der Waals surface area (Å²) in [6, 6.07) is 19.5. The number of aromatic amines is 1. The van der Waals surface area contributed by atoms with Crippen molar-refractivity contribution in [3.05, 3.63) is 82.3 Å². The Balaban J connectivity index is 1.62. The van der Waals surface area contributed by atoms with Crippen molar-refractivity contribution in [1.29, 1.82) is 0 Å². The molecule has 0 spiro atoms. The highest BCUT2D eigenvalue weighted by molar-refractivity contribution is 5.57. The maximum absolute atomic E-state index is 12.4. The van der Waals surface area contributed by atoms with E-state index in [0.29, 0.717) is 29.8 Å². The van der Waals surface area contributed by atoms with Crippen LogP contribution in [0.2, 0.25) is 0 Å². The Morgan fingerprint density at radius 2 is 1.78 bits per heavy atom. The van der Waals surface area contributed by atoms with Gasteiger partial charge in [-0.3, -0.25) is 9.89 Å². The van der Waals surface area contributed by atoms with Crippen LogP contribution < -0.4 is 10.9 Å². The highest BCUT2D eigenvalue weighted by Gasteiger charge is 2.10. The van der Waals surface area contributed by atoms with Crippen LogP contribution in [0.3, 0.4) is 0 Å². The molecule has 2 N–H and O–H groups in total. The van der Waals surface area contributed by atoms with Crippen LogP contribution in [-0.2, 0) is 6.54 Å². The molecule has 0 radical (unpaired) electrons. The summed E-state index contributed by atoms with van der Waals surface area (Å²) in [5.74, 6) is 1.47. The first kappa shape index (κ1) is 17.0. The molecule has 0 aliphatic carbocycles. The van der Waals surface area contributed by atoms with Crippen molar-refractivity contribution in [2.75, 3.05) is 5.32 Å². The van der Waals surface area contributed by atoms with Crippen LogP contribution in [0.15, 0.2) is 65.5 Å².